The van der Waals surface area contributed by atoms with E-state index in [1.54, 1.807) is 20.9 Å². The summed E-state index contributed by atoms with van der Waals surface area (Å²) in [5.41, 5.74) is 4.84. The molecule has 0 aliphatic carbocycles. The highest BCUT2D eigenvalue weighted by atomic mass is 35.5. The first kappa shape index (κ1) is 17.5. The van der Waals surface area contributed by atoms with Crippen LogP contribution in [0.1, 0.15) is 27.7 Å². The average molecular weight is 260 g/mol. The molecule has 94 valence electrons. The maximum Gasteiger partial charge on any atom is 0.279 e. The number of hydrogen-bond acceptors (Lipinski definition) is 3. The van der Waals surface area contributed by atoms with Gasteiger partial charge in [-0.3, -0.25) is 0 Å². The standard InChI is InChI=1S/C8H21N3O2S.ClH/c1-7(2)11(5)14(12,13)10-8(3,4)6-9;/h7,10H,6,9H2,1-5H3;1H. The molecule has 0 heterocycles. The van der Waals surface area contributed by atoms with Gasteiger partial charge in [0.1, 0.15) is 0 Å². The minimum Gasteiger partial charge on any atom is -0.329 e. The number of nitrogens with two attached hydrogens (primary N) is 1. The molecule has 0 saturated heterocycles. The van der Waals surface area contributed by atoms with Gasteiger partial charge in [0.15, 0.2) is 0 Å². The van der Waals surface area contributed by atoms with Gasteiger partial charge < -0.3 is 5.73 Å². The molecule has 3 N–H and O–H groups in total. The van der Waals surface area contributed by atoms with Crippen molar-refractivity contribution in [2.24, 2.45) is 5.73 Å². The predicted octanol–water partition coefficient (Wildman–Crippen LogP) is 0.320. The lowest BCUT2D eigenvalue weighted by Crippen LogP contribution is -2.54. The average Bonchev–Trinajstić information content (AvgIpc) is 2.01. The smallest absolute Gasteiger partial charge is 0.279 e. The Bertz CT molecular complexity index is 278. The van der Waals surface area contributed by atoms with Gasteiger partial charge in [-0.05, 0) is 27.7 Å². The van der Waals surface area contributed by atoms with Crippen LogP contribution in [0.4, 0.5) is 0 Å². The van der Waals surface area contributed by atoms with E-state index in [0.717, 1.165) is 0 Å². The highest BCUT2D eigenvalue weighted by molar-refractivity contribution is 7.87. The van der Waals surface area contributed by atoms with Gasteiger partial charge in [-0.15, -0.1) is 12.4 Å². The maximum atomic E-state index is 11.7. The third kappa shape index (κ3) is 5.67. The molecule has 0 fully saturated rings. The van der Waals surface area contributed by atoms with E-state index in [1.165, 1.54) is 4.31 Å². The monoisotopic (exact) mass is 259 g/mol. The summed E-state index contributed by atoms with van der Waals surface area (Å²) in [6.45, 7) is 7.39. The van der Waals surface area contributed by atoms with Crippen LogP contribution in [0.5, 0.6) is 0 Å². The first-order valence-corrected chi connectivity index (χ1v) is 6.03. The molecule has 0 atom stereocenters. The van der Waals surface area contributed by atoms with Crippen LogP contribution in [-0.4, -0.2) is 37.9 Å². The second kappa shape index (κ2) is 6.00. The Balaban J connectivity index is 0. The van der Waals surface area contributed by atoms with Gasteiger partial charge in [0, 0.05) is 25.2 Å². The zero-order valence-electron chi connectivity index (χ0n) is 9.94. The molecule has 0 spiro atoms. The van der Waals surface area contributed by atoms with Gasteiger partial charge in [0.05, 0.1) is 0 Å². The molecule has 0 unspecified atom stereocenters. The molecule has 15 heavy (non-hydrogen) atoms. The Hall–Kier alpha value is 0.120. The molecule has 0 amide bonds. The van der Waals surface area contributed by atoms with Crippen molar-refractivity contribution in [3.63, 3.8) is 0 Å². The van der Waals surface area contributed by atoms with Gasteiger partial charge >= 0.3 is 0 Å². The molecular formula is C8H22ClN3O2S. The highest BCUT2D eigenvalue weighted by Gasteiger charge is 2.27. The fourth-order valence-corrected chi connectivity index (χ4v) is 2.22. The summed E-state index contributed by atoms with van der Waals surface area (Å²) >= 11 is 0. The molecule has 0 radical (unpaired) electrons. The first-order chi connectivity index (χ1) is 6.12. The van der Waals surface area contributed by atoms with Crippen LogP contribution in [0, 0.1) is 0 Å². The van der Waals surface area contributed by atoms with E-state index in [4.69, 9.17) is 5.73 Å². The lowest BCUT2D eigenvalue weighted by Gasteiger charge is -2.29. The zero-order chi connectivity index (χ0) is 11.6. The molecule has 0 bridgehead atoms. The highest BCUT2D eigenvalue weighted by Crippen LogP contribution is 2.07. The number of hydrogen-bond donors (Lipinski definition) is 2. The van der Waals surface area contributed by atoms with Crippen LogP contribution in [-0.2, 0) is 10.2 Å². The minimum atomic E-state index is -3.43. The summed E-state index contributed by atoms with van der Waals surface area (Å²) in [5.74, 6) is 0. The lowest BCUT2D eigenvalue weighted by molar-refractivity contribution is 0.377. The van der Waals surface area contributed by atoms with Crippen molar-refractivity contribution in [1.29, 1.82) is 0 Å². The summed E-state index contributed by atoms with van der Waals surface area (Å²) in [6, 6.07) is -0.0684. The Morgan fingerprint density at radius 2 is 1.80 bits per heavy atom. The van der Waals surface area contributed by atoms with Gasteiger partial charge in [-0.25, -0.2) is 0 Å². The zero-order valence-corrected chi connectivity index (χ0v) is 11.6. The van der Waals surface area contributed by atoms with Crippen LogP contribution in [0.15, 0.2) is 0 Å². The Morgan fingerprint density at radius 3 is 2.07 bits per heavy atom. The summed E-state index contributed by atoms with van der Waals surface area (Å²) in [7, 11) is -1.88. The fraction of sp³-hybridized carbons (Fsp3) is 1.00. The van der Waals surface area contributed by atoms with Crippen molar-refractivity contribution >= 4 is 22.6 Å². The minimum absolute atomic E-state index is 0. The molecule has 0 aliphatic rings. The van der Waals surface area contributed by atoms with E-state index >= 15 is 0 Å². The van der Waals surface area contributed by atoms with E-state index in [1.807, 2.05) is 13.8 Å². The quantitative estimate of drug-likeness (QED) is 0.747. The van der Waals surface area contributed by atoms with E-state index in [9.17, 15) is 8.42 Å². The van der Waals surface area contributed by atoms with Crippen LogP contribution in [0.2, 0.25) is 0 Å². The van der Waals surface area contributed by atoms with E-state index in [0.29, 0.717) is 0 Å². The van der Waals surface area contributed by atoms with Crippen molar-refractivity contribution in [3.05, 3.63) is 0 Å². The van der Waals surface area contributed by atoms with Crippen molar-refractivity contribution in [2.45, 2.75) is 39.3 Å². The van der Waals surface area contributed by atoms with E-state index in [2.05, 4.69) is 4.72 Å². The predicted molar refractivity (Wildman–Crippen MR) is 65.3 cm³/mol. The molecule has 0 aromatic rings. The van der Waals surface area contributed by atoms with Crippen molar-refractivity contribution in [1.82, 2.24) is 9.03 Å². The largest absolute Gasteiger partial charge is 0.329 e. The fourth-order valence-electron chi connectivity index (χ4n) is 0.740. The molecule has 0 aromatic heterocycles. The topological polar surface area (TPSA) is 75.4 Å². The van der Waals surface area contributed by atoms with Gasteiger partial charge in [0.2, 0.25) is 0 Å². The molecule has 0 aromatic carbocycles. The summed E-state index contributed by atoms with van der Waals surface area (Å²) < 4.78 is 27.2. The first-order valence-electron chi connectivity index (χ1n) is 4.59. The van der Waals surface area contributed by atoms with Crippen LogP contribution < -0.4 is 10.5 Å². The van der Waals surface area contributed by atoms with Gasteiger partial charge in [-0.1, -0.05) is 0 Å². The molecule has 7 heteroatoms. The summed E-state index contributed by atoms with van der Waals surface area (Å²) in [5, 5.41) is 0. The van der Waals surface area contributed by atoms with Crippen molar-refractivity contribution in [2.75, 3.05) is 13.6 Å². The summed E-state index contributed by atoms with van der Waals surface area (Å²) in [4.78, 5) is 0. The molecule has 5 nitrogen and oxygen atoms in total. The van der Waals surface area contributed by atoms with E-state index in [-0.39, 0.29) is 25.0 Å². The summed E-state index contributed by atoms with van der Waals surface area (Å²) in [6.07, 6.45) is 0. The Labute approximate surface area is 99.0 Å². The van der Waals surface area contributed by atoms with Crippen LogP contribution in [0.25, 0.3) is 0 Å². The Morgan fingerprint density at radius 1 is 1.40 bits per heavy atom. The normalized spacial score (nSPS) is 13.1. The van der Waals surface area contributed by atoms with E-state index < -0.39 is 15.7 Å². The SMILES string of the molecule is CC(C)N(C)S(=O)(=O)NC(C)(C)CN.Cl. The van der Waals surface area contributed by atoms with Crippen molar-refractivity contribution < 1.29 is 8.42 Å². The third-order valence-corrected chi connectivity index (χ3v) is 4.01. The van der Waals surface area contributed by atoms with Crippen LogP contribution >= 0.6 is 12.4 Å². The lowest BCUT2D eigenvalue weighted by atomic mass is 10.1. The Kier molecular flexibility index (Phi) is 7.01. The maximum absolute atomic E-state index is 11.7. The van der Waals surface area contributed by atoms with Gasteiger partial charge in [-0.2, -0.15) is 17.4 Å². The molecule has 0 rings (SSSR count). The second-order valence-corrected chi connectivity index (χ2v) is 6.04. The van der Waals surface area contributed by atoms with Crippen LogP contribution in [0.3, 0.4) is 0 Å². The van der Waals surface area contributed by atoms with Gasteiger partial charge in [0.25, 0.3) is 10.2 Å². The molecule has 0 aliphatic heterocycles. The number of nitrogens with one attached hydrogen (secondary N) is 1. The molecule has 0 saturated carbocycles. The van der Waals surface area contributed by atoms with Crippen molar-refractivity contribution in [3.8, 4) is 0 Å². The second-order valence-electron chi connectivity index (χ2n) is 4.31. The number of halogens is 1. The number of nitrogens with zero attached hydrogens (tertiary/aromatic N) is 1. The third-order valence-electron chi connectivity index (χ3n) is 2.02. The number of rotatable bonds is 5. The molecular weight excluding hydrogens is 238 g/mol.